The molecule has 1 heterocycles. The van der Waals surface area contributed by atoms with E-state index in [0.29, 0.717) is 5.02 Å². The Morgan fingerprint density at radius 3 is 2.62 bits per heavy atom. The highest BCUT2D eigenvalue weighted by atomic mass is 127. The van der Waals surface area contributed by atoms with Crippen molar-refractivity contribution < 1.29 is 0 Å². The second kappa shape index (κ2) is 5.78. The Labute approximate surface area is 147 Å². The molecule has 2 aromatic carbocycles. The average molecular weight is 431 g/mol. The quantitative estimate of drug-likeness (QED) is 0.366. The summed E-state index contributed by atoms with van der Waals surface area (Å²) in [5.74, 6) is 0.806. The van der Waals surface area contributed by atoms with Crippen LogP contribution in [-0.4, -0.2) is 9.55 Å². The highest BCUT2D eigenvalue weighted by Crippen LogP contribution is 2.32. The van der Waals surface area contributed by atoms with Crippen molar-refractivity contribution in [2.24, 2.45) is 0 Å². The topological polar surface area (TPSA) is 17.8 Å². The molecule has 108 valence electrons. The Morgan fingerprint density at radius 2 is 1.95 bits per heavy atom. The van der Waals surface area contributed by atoms with Crippen LogP contribution in [0.4, 0.5) is 0 Å². The lowest BCUT2D eigenvalue weighted by molar-refractivity contribution is 0.882. The highest BCUT2D eigenvalue weighted by Gasteiger charge is 2.18. The van der Waals surface area contributed by atoms with Crippen molar-refractivity contribution in [3.8, 4) is 5.69 Å². The summed E-state index contributed by atoms with van der Waals surface area (Å²) in [7, 11) is 0. The molecule has 0 bridgehead atoms. The molecule has 0 radical (unpaired) electrons. The summed E-state index contributed by atoms with van der Waals surface area (Å²) < 4.78 is 3.15. The number of rotatable bonds is 2. The van der Waals surface area contributed by atoms with Gasteiger partial charge in [-0.25, -0.2) is 4.98 Å². The first kappa shape index (κ1) is 15.1. The smallest absolute Gasteiger partial charge is 0.132 e. The maximum atomic E-state index is 6.44. The third-order valence-corrected chi connectivity index (χ3v) is 4.51. The summed E-state index contributed by atoms with van der Waals surface area (Å²) >= 11 is 15.0. The van der Waals surface area contributed by atoms with Crippen molar-refractivity contribution in [1.29, 1.82) is 0 Å². The average Bonchev–Trinajstić information content (AvgIpc) is 2.77. The minimum atomic E-state index is -0.201. The zero-order valence-corrected chi connectivity index (χ0v) is 15.2. The number of imidazole rings is 1. The van der Waals surface area contributed by atoms with Crippen LogP contribution in [0.1, 0.15) is 23.7 Å². The largest absolute Gasteiger partial charge is 0.294 e. The van der Waals surface area contributed by atoms with Crippen LogP contribution in [0.15, 0.2) is 36.4 Å². The summed E-state index contributed by atoms with van der Waals surface area (Å²) in [4.78, 5) is 4.66. The molecule has 3 rings (SSSR count). The van der Waals surface area contributed by atoms with Gasteiger partial charge in [-0.15, -0.1) is 11.6 Å². The highest BCUT2D eigenvalue weighted by molar-refractivity contribution is 14.1. The molecule has 0 saturated carbocycles. The molecule has 5 heteroatoms. The van der Waals surface area contributed by atoms with E-state index in [1.54, 1.807) is 0 Å². The molecule has 2 nitrogen and oxygen atoms in total. The third kappa shape index (κ3) is 2.79. The SMILES string of the molecule is Cc1ccc2nc(C(C)Cl)n(-c3ccc(I)cc3Cl)c2c1. The van der Waals surface area contributed by atoms with Crippen molar-refractivity contribution in [1.82, 2.24) is 9.55 Å². The van der Waals surface area contributed by atoms with Crippen molar-refractivity contribution >= 4 is 56.8 Å². The van der Waals surface area contributed by atoms with Gasteiger partial charge in [-0.3, -0.25) is 4.57 Å². The maximum Gasteiger partial charge on any atom is 0.132 e. The summed E-state index contributed by atoms with van der Waals surface area (Å²) in [6, 6.07) is 12.2. The molecule has 1 aromatic heterocycles. The molecule has 0 fully saturated rings. The Morgan fingerprint density at radius 1 is 1.19 bits per heavy atom. The van der Waals surface area contributed by atoms with E-state index in [9.17, 15) is 0 Å². The predicted octanol–water partition coefficient (Wildman–Crippen LogP) is 5.89. The minimum Gasteiger partial charge on any atom is -0.294 e. The molecule has 1 unspecified atom stereocenters. The number of nitrogens with zero attached hydrogens (tertiary/aromatic N) is 2. The fourth-order valence-electron chi connectivity index (χ4n) is 2.39. The van der Waals surface area contributed by atoms with Crippen LogP contribution in [0.25, 0.3) is 16.7 Å². The number of aryl methyl sites for hydroxylation is 1. The second-order valence-electron chi connectivity index (χ2n) is 5.01. The summed E-state index contributed by atoms with van der Waals surface area (Å²) in [5, 5.41) is 0.495. The van der Waals surface area contributed by atoms with Gasteiger partial charge in [0, 0.05) is 3.57 Å². The van der Waals surface area contributed by atoms with E-state index in [1.165, 1.54) is 5.56 Å². The van der Waals surface area contributed by atoms with Crippen LogP contribution in [0, 0.1) is 10.5 Å². The van der Waals surface area contributed by atoms with E-state index >= 15 is 0 Å². The number of alkyl halides is 1. The van der Waals surface area contributed by atoms with E-state index < -0.39 is 0 Å². The molecule has 0 spiro atoms. The molecule has 0 N–H and O–H groups in total. The van der Waals surface area contributed by atoms with Gasteiger partial charge >= 0.3 is 0 Å². The zero-order valence-electron chi connectivity index (χ0n) is 11.6. The summed E-state index contributed by atoms with van der Waals surface area (Å²) in [6.45, 7) is 3.99. The van der Waals surface area contributed by atoms with E-state index in [4.69, 9.17) is 23.2 Å². The van der Waals surface area contributed by atoms with Crippen LogP contribution in [0.5, 0.6) is 0 Å². The Balaban J connectivity index is 2.38. The molecular formula is C16H13Cl2IN2. The lowest BCUT2D eigenvalue weighted by Gasteiger charge is -2.12. The lowest BCUT2D eigenvalue weighted by atomic mass is 10.2. The van der Waals surface area contributed by atoms with Crippen LogP contribution >= 0.6 is 45.8 Å². The van der Waals surface area contributed by atoms with Crippen LogP contribution in [0.3, 0.4) is 0 Å². The first-order valence-electron chi connectivity index (χ1n) is 6.56. The van der Waals surface area contributed by atoms with Gasteiger partial charge in [0.05, 0.1) is 27.1 Å². The maximum absolute atomic E-state index is 6.44. The molecule has 0 amide bonds. The number of halogens is 3. The van der Waals surface area contributed by atoms with Gasteiger partial charge < -0.3 is 0 Å². The molecular weight excluding hydrogens is 418 g/mol. The number of hydrogen-bond acceptors (Lipinski definition) is 1. The number of fused-ring (bicyclic) bond motifs is 1. The number of hydrogen-bond donors (Lipinski definition) is 0. The minimum absolute atomic E-state index is 0.201. The Bertz CT molecular complexity index is 825. The number of aromatic nitrogens is 2. The molecule has 3 aromatic rings. The van der Waals surface area contributed by atoms with Gasteiger partial charge in [0.15, 0.2) is 0 Å². The Kier molecular flexibility index (Phi) is 4.17. The van der Waals surface area contributed by atoms with Gasteiger partial charge in [-0.1, -0.05) is 17.7 Å². The Hall–Kier alpha value is -0.780. The first-order chi connectivity index (χ1) is 9.97. The molecule has 0 aliphatic carbocycles. The van der Waals surface area contributed by atoms with Gasteiger partial charge in [0.2, 0.25) is 0 Å². The molecule has 21 heavy (non-hydrogen) atoms. The summed E-state index contributed by atoms with van der Waals surface area (Å²) in [6.07, 6.45) is 0. The monoisotopic (exact) mass is 430 g/mol. The van der Waals surface area contributed by atoms with E-state index in [1.807, 2.05) is 31.2 Å². The molecule has 0 saturated heterocycles. The van der Waals surface area contributed by atoms with Gasteiger partial charge in [-0.05, 0) is 72.3 Å². The zero-order chi connectivity index (χ0) is 15.1. The van der Waals surface area contributed by atoms with Crippen molar-refractivity contribution in [3.05, 3.63) is 56.4 Å². The molecule has 0 aliphatic rings. The van der Waals surface area contributed by atoms with Crippen LogP contribution in [0.2, 0.25) is 5.02 Å². The second-order valence-corrected chi connectivity index (χ2v) is 7.32. The van der Waals surface area contributed by atoms with Gasteiger partial charge in [0.1, 0.15) is 5.82 Å². The van der Waals surface area contributed by atoms with Crippen LogP contribution in [-0.2, 0) is 0 Å². The van der Waals surface area contributed by atoms with Crippen molar-refractivity contribution in [2.75, 3.05) is 0 Å². The fourth-order valence-corrected chi connectivity index (χ4v) is 3.47. The molecule has 0 aliphatic heterocycles. The van der Waals surface area contributed by atoms with E-state index in [-0.39, 0.29) is 5.38 Å². The van der Waals surface area contributed by atoms with E-state index in [0.717, 1.165) is 26.1 Å². The first-order valence-corrected chi connectivity index (χ1v) is 8.45. The summed E-state index contributed by atoms with van der Waals surface area (Å²) in [5.41, 5.74) is 4.05. The van der Waals surface area contributed by atoms with Gasteiger partial charge in [-0.2, -0.15) is 0 Å². The van der Waals surface area contributed by atoms with Gasteiger partial charge in [0.25, 0.3) is 0 Å². The third-order valence-electron chi connectivity index (χ3n) is 3.34. The fraction of sp³-hybridized carbons (Fsp3) is 0.188. The molecule has 1 atom stereocenters. The van der Waals surface area contributed by atoms with Crippen molar-refractivity contribution in [3.63, 3.8) is 0 Å². The lowest BCUT2D eigenvalue weighted by Crippen LogP contribution is -2.02. The van der Waals surface area contributed by atoms with Crippen molar-refractivity contribution in [2.45, 2.75) is 19.2 Å². The van der Waals surface area contributed by atoms with Crippen LogP contribution < -0.4 is 0 Å². The van der Waals surface area contributed by atoms with E-state index in [2.05, 4.69) is 51.2 Å². The standard InChI is InChI=1S/C16H13Cl2IN2/c1-9-3-5-13-15(7-9)21(16(20-13)10(2)17)14-6-4-11(19)8-12(14)18/h3-8,10H,1-2H3. The normalized spacial score (nSPS) is 12.8. The predicted molar refractivity (Wildman–Crippen MR) is 97.8 cm³/mol. The number of benzene rings is 2.